The summed E-state index contributed by atoms with van der Waals surface area (Å²) in [5.74, 6) is 0.905. The highest BCUT2D eigenvalue weighted by atomic mass is 16.5. The number of urea groups is 1. The van der Waals surface area contributed by atoms with Crippen molar-refractivity contribution in [3.05, 3.63) is 47.6 Å². The summed E-state index contributed by atoms with van der Waals surface area (Å²) < 4.78 is 10.8. The summed E-state index contributed by atoms with van der Waals surface area (Å²) in [7, 11) is 0. The molecule has 2 aromatic rings. The molecule has 9 nitrogen and oxygen atoms in total. The lowest BCUT2D eigenvalue weighted by Gasteiger charge is -2.38. The summed E-state index contributed by atoms with van der Waals surface area (Å²) in [5.41, 5.74) is 1.18. The molecule has 2 aliphatic rings. The fourth-order valence-corrected chi connectivity index (χ4v) is 4.37. The highest BCUT2D eigenvalue weighted by molar-refractivity contribution is 5.79. The van der Waals surface area contributed by atoms with E-state index >= 15 is 0 Å². The number of hydrogen-bond donors (Lipinski definition) is 2. The second kappa shape index (κ2) is 10.6. The topological polar surface area (TPSA) is 110 Å². The smallest absolute Gasteiger partial charge is 0.317 e. The molecule has 0 radical (unpaired) electrons. The number of carbonyl (C=O) groups is 2. The van der Waals surface area contributed by atoms with Crippen LogP contribution in [0.5, 0.6) is 0 Å². The Labute approximate surface area is 187 Å². The van der Waals surface area contributed by atoms with Crippen LogP contribution in [0.1, 0.15) is 42.5 Å². The van der Waals surface area contributed by atoms with E-state index in [1.807, 2.05) is 30.3 Å². The van der Waals surface area contributed by atoms with Gasteiger partial charge in [0, 0.05) is 38.8 Å². The van der Waals surface area contributed by atoms with Crippen molar-refractivity contribution >= 4 is 11.9 Å². The van der Waals surface area contributed by atoms with Gasteiger partial charge in [-0.3, -0.25) is 4.79 Å². The molecule has 0 bridgehead atoms. The molecular formula is C23H31N5O4. The summed E-state index contributed by atoms with van der Waals surface area (Å²) in [6.45, 7) is 4.50. The van der Waals surface area contributed by atoms with E-state index in [0.29, 0.717) is 63.8 Å². The molecule has 2 atom stereocenters. The number of amides is 3. The van der Waals surface area contributed by atoms with Gasteiger partial charge in [-0.15, -0.1) is 0 Å². The van der Waals surface area contributed by atoms with Crippen LogP contribution in [0, 0.1) is 12.8 Å². The van der Waals surface area contributed by atoms with Crippen LogP contribution in [-0.2, 0) is 16.0 Å². The summed E-state index contributed by atoms with van der Waals surface area (Å²) in [5, 5.41) is 10.1. The van der Waals surface area contributed by atoms with Crippen LogP contribution in [-0.4, -0.2) is 65.9 Å². The third kappa shape index (κ3) is 5.64. The average Bonchev–Trinajstić information content (AvgIpc) is 3.26. The molecule has 2 fully saturated rings. The molecule has 0 saturated carbocycles. The molecule has 0 unspecified atom stereocenters. The lowest BCUT2D eigenvalue weighted by Crippen LogP contribution is -2.56. The van der Waals surface area contributed by atoms with Crippen molar-refractivity contribution in [3.8, 4) is 0 Å². The van der Waals surface area contributed by atoms with E-state index in [9.17, 15) is 9.59 Å². The number of benzene rings is 1. The number of aryl methyl sites for hydroxylation is 1. The molecule has 9 heteroatoms. The van der Waals surface area contributed by atoms with Crippen LogP contribution in [0.25, 0.3) is 0 Å². The minimum absolute atomic E-state index is 0.00544. The Morgan fingerprint density at radius 1 is 1.16 bits per heavy atom. The molecule has 3 heterocycles. The highest BCUT2D eigenvalue weighted by Crippen LogP contribution is 2.28. The lowest BCUT2D eigenvalue weighted by molar-refractivity contribution is -0.129. The predicted octanol–water partition coefficient (Wildman–Crippen LogP) is 2.03. The van der Waals surface area contributed by atoms with Gasteiger partial charge >= 0.3 is 6.03 Å². The van der Waals surface area contributed by atoms with Crippen LogP contribution < -0.4 is 10.6 Å². The number of aromatic nitrogens is 2. The zero-order chi connectivity index (χ0) is 22.3. The van der Waals surface area contributed by atoms with E-state index in [1.165, 1.54) is 5.56 Å². The van der Waals surface area contributed by atoms with Crippen LogP contribution in [0.3, 0.4) is 0 Å². The van der Waals surface area contributed by atoms with Crippen molar-refractivity contribution in [3.63, 3.8) is 0 Å². The predicted molar refractivity (Wildman–Crippen MR) is 117 cm³/mol. The molecule has 2 saturated heterocycles. The van der Waals surface area contributed by atoms with E-state index in [4.69, 9.17) is 9.26 Å². The molecule has 2 N–H and O–H groups in total. The van der Waals surface area contributed by atoms with Crippen LogP contribution in [0.15, 0.2) is 34.9 Å². The fraction of sp³-hybridized carbons (Fsp3) is 0.565. The Morgan fingerprint density at radius 3 is 2.66 bits per heavy atom. The number of likely N-dealkylation sites (tertiary alicyclic amines) is 1. The van der Waals surface area contributed by atoms with Crippen molar-refractivity contribution in [2.24, 2.45) is 5.92 Å². The molecule has 4 rings (SSSR count). The number of nitrogens with one attached hydrogen (secondary N) is 2. The van der Waals surface area contributed by atoms with Gasteiger partial charge in [-0.05, 0) is 38.2 Å². The maximum absolute atomic E-state index is 12.9. The van der Waals surface area contributed by atoms with E-state index in [0.717, 1.165) is 6.42 Å². The second-order valence-corrected chi connectivity index (χ2v) is 8.49. The molecule has 1 aromatic carbocycles. The first kappa shape index (κ1) is 22.3. The number of piperidine rings is 1. The molecule has 1 aromatic heterocycles. The van der Waals surface area contributed by atoms with Crippen molar-refractivity contribution in [1.82, 2.24) is 25.7 Å². The number of rotatable bonds is 6. The van der Waals surface area contributed by atoms with Crippen LogP contribution in [0.2, 0.25) is 0 Å². The lowest BCUT2D eigenvalue weighted by atomic mass is 9.90. The van der Waals surface area contributed by atoms with Crippen molar-refractivity contribution in [1.29, 1.82) is 0 Å². The maximum atomic E-state index is 12.9. The van der Waals surface area contributed by atoms with E-state index in [1.54, 1.807) is 11.8 Å². The van der Waals surface area contributed by atoms with Crippen molar-refractivity contribution < 1.29 is 18.8 Å². The van der Waals surface area contributed by atoms with E-state index < -0.39 is 0 Å². The molecular weight excluding hydrogens is 410 g/mol. The first-order valence-electron chi connectivity index (χ1n) is 11.3. The number of nitrogens with zero attached hydrogens (tertiary/aromatic N) is 3. The van der Waals surface area contributed by atoms with Gasteiger partial charge in [-0.1, -0.05) is 35.5 Å². The van der Waals surface area contributed by atoms with Gasteiger partial charge in [0.2, 0.25) is 11.8 Å². The standard InChI is InChI=1S/C23H31N5O4/c1-16-25-22(32-27-16)19-8-12-28(23(30)24-11-7-17-5-3-2-4-6-17)15-20(19)26-21(29)18-9-13-31-14-10-18/h2-6,18-20H,7-15H2,1H3,(H,24,30)(H,26,29)/t19-,20+/m0/s1. The number of ether oxygens (including phenoxy) is 1. The number of hydrogen-bond acceptors (Lipinski definition) is 6. The minimum atomic E-state index is -0.279. The van der Waals surface area contributed by atoms with Crippen LogP contribution >= 0.6 is 0 Å². The van der Waals surface area contributed by atoms with Gasteiger partial charge < -0.3 is 24.8 Å². The van der Waals surface area contributed by atoms with Gasteiger partial charge in [-0.2, -0.15) is 4.98 Å². The molecule has 3 amide bonds. The van der Waals surface area contributed by atoms with E-state index in [-0.39, 0.29) is 29.8 Å². The Hall–Kier alpha value is -2.94. The zero-order valence-corrected chi connectivity index (χ0v) is 18.5. The normalized spacial score (nSPS) is 21.8. The molecule has 2 aliphatic heterocycles. The Kier molecular flexibility index (Phi) is 7.36. The van der Waals surface area contributed by atoms with Gasteiger partial charge in [0.15, 0.2) is 5.82 Å². The Bertz CT molecular complexity index is 897. The van der Waals surface area contributed by atoms with Gasteiger partial charge in [0.05, 0.1) is 12.0 Å². The highest BCUT2D eigenvalue weighted by Gasteiger charge is 2.37. The zero-order valence-electron chi connectivity index (χ0n) is 18.5. The quantitative estimate of drug-likeness (QED) is 0.710. The maximum Gasteiger partial charge on any atom is 0.317 e. The van der Waals surface area contributed by atoms with Gasteiger partial charge in [-0.25, -0.2) is 4.79 Å². The average molecular weight is 442 g/mol. The van der Waals surface area contributed by atoms with Crippen molar-refractivity contribution in [2.75, 3.05) is 32.8 Å². The summed E-state index contributed by atoms with van der Waals surface area (Å²) >= 11 is 0. The summed E-state index contributed by atoms with van der Waals surface area (Å²) in [6.07, 6.45) is 2.85. The third-order valence-electron chi connectivity index (χ3n) is 6.21. The van der Waals surface area contributed by atoms with Crippen molar-refractivity contribution in [2.45, 2.75) is 44.6 Å². The van der Waals surface area contributed by atoms with Gasteiger partial charge in [0.1, 0.15) is 0 Å². The summed E-state index contributed by atoms with van der Waals surface area (Å²) in [4.78, 5) is 31.9. The monoisotopic (exact) mass is 441 g/mol. The van der Waals surface area contributed by atoms with E-state index in [2.05, 4.69) is 20.8 Å². The fourth-order valence-electron chi connectivity index (χ4n) is 4.37. The molecule has 0 spiro atoms. The minimum Gasteiger partial charge on any atom is -0.381 e. The number of carbonyl (C=O) groups excluding carboxylic acids is 2. The summed E-state index contributed by atoms with van der Waals surface area (Å²) in [6, 6.07) is 9.66. The first-order valence-corrected chi connectivity index (χ1v) is 11.3. The first-order chi connectivity index (χ1) is 15.6. The third-order valence-corrected chi connectivity index (χ3v) is 6.21. The van der Waals surface area contributed by atoms with Crippen LogP contribution in [0.4, 0.5) is 4.79 Å². The molecule has 0 aliphatic carbocycles. The molecule has 32 heavy (non-hydrogen) atoms. The van der Waals surface area contributed by atoms with Gasteiger partial charge in [0.25, 0.3) is 0 Å². The Morgan fingerprint density at radius 2 is 1.94 bits per heavy atom. The SMILES string of the molecule is Cc1noc([C@H]2CCN(C(=O)NCCc3ccccc3)C[C@H]2NC(=O)C2CCOCC2)n1. The second-order valence-electron chi connectivity index (χ2n) is 8.49. The Balaban J connectivity index is 1.37. The largest absolute Gasteiger partial charge is 0.381 e. The molecule has 172 valence electrons.